The molecule has 0 unspecified atom stereocenters. The summed E-state index contributed by atoms with van der Waals surface area (Å²) in [6, 6.07) is 6.39. The van der Waals surface area contributed by atoms with Crippen LogP contribution in [0.25, 0.3) is 0 Å². The molecule has 1 aromatic rings. The molecule has 0 amide bonds. The second kappa shape index (κ2) is 3.96. The lowest BCUT2D eigenvalue weighted by molar-refractivity contribution is 0.0508. The van der Waals surface area contributed by atoms with Crippen molar-refractivity contribution < 1.29 is 9.63 Å². The van der Waals surface area contributed by atoms with Crippen LogP contribution >= 0.6 is 15.9 Å². The first-order valence-corrected chi connectivity index (χ1v) is 3.83. The lowest BCUT2D eigenvalue weighted by Crippen LogP contribution is -1.99. The van der Waals surface area contributed by atoms with Gasteiger partial charge >= 0.3 is 5.97 Å². The molecular formula is C7H4BrNO3. The van der Waals surface area contributed by atoms with Crippen molar-refractivity contribution in [3.8, 4) is 0 Å². The molecule has 0 aliphatic heterocycles. The Labute approximate surface area is 76.6 Å². The Hall–Kier alpha value is -1.23. The Morgan fingerprint density at radius 3 is 2.42 bits per heavy atom. The molecule has 0 heterocycles. The number of hydrogen-bond acceptors (Lipinski definition) is 4. The standard InChI is InChI=1S/C7H4BrNO3/c8-6-3-1-5(2-4-6)7(10)12-9-11/h1-4H. The molecule has 1 aromatic carbocycles. The number of benzene rings is 1. The van der Waals surface area contributed by atoms with Gasteiger partial charge in [-0.05, 0) is 24.3 Å². The predicted octanol–water partition coefficient (Wildman–Crippen LogP) is 2.29. The van der Waals surface area contributed by atoms with E-state index in [4.69, 9.17) is 0 Å². The average molecular weight is 230 g/mol. The van der Waals surface area contributed by atoms with Gasteiger partial charge in [0.2, 0.25) is 0 Å². The summed E-state index contributed by atoms with van der Waals surface area (Å²) in [6.07, 6.45) is 0. The molecule has 0 N–H and O–H groups in total. The van der Waals surface area contributed by atoms with Gasteiger partial charge in [0.25, 0.3) is 0 Å². The van der Waals surface area contributed by atoms with Crippen molar-refractivity contribution in [2.45, 2.75) is 0 Å². The number of nitrogens with zero attached hydrogens (tertiary/aromatic N) is 1. The lowest BCUT2D eigenvalue weighted by atomic mass is 10.2. The van der Waals surface area contributed by atoms with Crippen LogP contribution in [0.1, 0.15) is 10.4 Å². The molecule has 0 aromatic heterocycles. The van der Waals surface area contributed by atoms with E-state index in [2.05, 4.69) is 20.8 Å². The van der Waals surface area contributed by atoms with Crippen LogP contribution in [0.15, 0.2) is 34.1 Å². The zero-order valence-electron chi connectivity index (χ0n) is 5.86. The van der Waals surface area contributed by atoms with E-state index < -0.39 is 5.97 Å². The summed E-state index contributed by atoms with van der Waals surface area (Å²) in [5.74, 6) is -0.752. The monoisotopic (exact) mass is 229 g/mol. The first-order valence-electron chi connectivity index (χ1n) is 3.03. The van der Waals surface area contributed by atoms with Crippen molar-refractivity contribution in [1.82, 2.24) is 0 Å². The van der Waals surface area contributed by atoms with Crippen LogP contribution in [0.4, 0.5) is 0 Å². The van der Waals surface area contributed by atoms with Gasteiger partial charge in [0, 0.05) is 4.47 Å². The Balaban J connectivity index is 2.82. The highest BCUT2D eigenvalue weighted by molar-refractivity contribution is 9.10. The summed E-state index contributed by atoms with van der Waals surface area (Å²) in [6.45, 7) is 0. The van der Waals surface area contributed by atoms with Gasteiger partial charge in [0.05, 0.1) is 5.56 Å². The zero-order chi connectivity index (χ0) is 8.97. The number of rotatable bonds is 2. The van der Waals surface area contributed by atoms with Gasteiger partial charge in [0.1, 0.15) is 0 Å². The highest BCUT2D eigenvalue weighted by atomic mass is 79.9. The maximum absolute atomic E-state index is 10.8. The Kier molecular flexibility index (Phi) is 2.93. The molecule has 0 saturated heterocycles. The third kappa shape index (κ3) is 2.13. The zero-order valence-corrected chi connectivity index (χ0v) is 7.45. The number of carbonyl (C=O) groups excluding carboxylic acids is 1. The maximum Gasteiger partial charge on any atom is 0.369 e. The van der Waals surface area contributed by atoms with E-state index in [-0.39, 0.29) is 5.56 Å². The first kappa shape index (κ1) is 8.86. The molecule has 0 aliphatic rings. The summed E-state index contributed by atoms with van der Waals surface area (Å²) in [4.78, 5) is 24.3. The first-order chi connectivity index (χ1) is 5.74. The van der Waals surface area contributed by atoms with E-state index in [9.17, 15) is 9.70 Å². The summed E-state index contributed by atoms with van der Waals surface area (Å²) >= 11 is 3.20. The largest absolute Gasteiger partial charge is 0.369 e. The number of carbonyl (C=O) groups is 1. The van der Waals surface area contributed by atoms with Gasteiger partial charge in [-0.3, -0.25) is 4.84 Å². The number of halogens is 1. The number of hydrogen-bond donors (Lipinski definition) is 0. The molecular weight excluding hydrogens is 226 g/mol. The van der Waals surface area contributed by atoms with Gasteiger partial charge in [0.15, 0.2) is 5.34 Å². The molecule has 62 valence electrons. The van der Waals surface area contributed by atoms with Crippen molar-refractivity contribution >= 4 is 21.9 Å². The normalized spacial score (nSPS) is 9.08. The minimum atomic E-state index is -0.752. The quantitative estimate of drug-likeness (QED) is 0.578. The van der Waals surface area contributed by atoms with Crippen LogP contribution in [-0.2, 0) is 4.84 Å². The lowest BCUT2D eigenvalue weighted by Gasteiger charge is -1.94. The van der Waals surface area contributed by atoms with Crippen LogP contribution in [-0.4, -0.2) is 5.97 Å². The molecule has 0 aliphatic carbocycles. The molecule has 5 heteroatoms. The van der Waals surface area contributed by atoms with E-state index in [1.54, 1.807) is 12.1 Å². The van der Waals surface area contributed by atoms with Gasteiger partial charge < -0.3 is 0 Å². The van der Waals surface area contributed by atoms with Gasteiger partial charge in [-0.15, -0.1) is 4.91 Å². The van der Waals surface area contributed by atoms with Crippen LogP contribution in [0.2, 0.25) is 0 Å². The Morgan fingerprint density at radius 1 is 1.33 bits per heavy atom. The molecule has 0 atom stereocenters. The fourth-order valence-electron chi connectivity index (χ4n) is 0.673. The van der Waals surface area contributed by atoms with Crippen LogP contribution in [0, 0.1) is 4.91 Å². The maximum atomic E-state index is 10.8. The third-order valence-corrected chi connectivity index (χ3v) is 1.73. The highest BCUT2D eigenvalue weighted by Gasteiger charge is 2.06. The topological polar surface area (TPSA) is 55.7 Å². The summed E-state index contributed by atoms with van der Waals surface area (Å²) in [7, 11) is 0. The van der Waals surface area contributed by atoms with Crippen molar-refractivity contribution in [1.29, 1.82) is 0 Å². The third-order valence-electron chi connectivity index (χ3n) is 1.20. The van der Waals surface area contributed by atoms with Crippen LogP contribution in [0.3, 0.4) is 0 Å². The summed E-state index contributed by atoms with van der Waals surface area (Å²) in [5.41, 5.74) is 0.290. The predicted molar refractivity (Wildman–Crippen MR) is 45.4 cm³/mol. The van der Waals surface area contributed by atoms with Crippen LogP contribution < -0.4 is 0 Å². The fourth-order valence-corrected chi connectivity index (χ4v) is 0.937. The van der Waals surface area contributed by atoms with E-state index >= 15 is 0 Å². The van der Waals surface area contributed by atoms with E-state index in [1.807, 2.05) is 5.34 Å². The fraction of sp³-hybridized carbons (Fsp3) is 0. The minimum Gasteiger partial charge on any atom is -0.279 e. The Bertz CT molecular complexity index is 296. The molecule has 0 saturated carbocycles. The van der Waals surface area contributed by atoms with Crippen molar-refractivity contribution in [3.63, 3.8) is 0 Å². The van der Waals surface area contributed by atoms with Crippen molar-refractivity contribution in [3.05, 3.63) is 39.2 Å². The van der Waals surface area contributed by atoms with E-state index in [1.165, 1.54) is 12.1 Å². The second-order valence-corrected chi connectivity index (χ2v) is 2.88. The smallest absolute Gasteiger partial charge is 0.279 e. The molecule has 1 rings (SSSR count). The summed E-state index contributed by atoms with van der Waals surface area (Å²) < 4.78 is 0.845. The van der Waals surface area contributed by atoms with E-state index in [0.29, 0.717) is 0 Å². The SMILES string of the molecule is O=NOC(=O)c1ccc(Br)cc1. The van der Waals surface area contributed by atoms with E-state index in [0.717, 1.165) is 4.47 Å². The molecule has 0 radical (unpaired) electrons. The molecule has 4 nitrogen and oxygen atoms in total. The summed E-state index contributed by atoms with van der Waals surface area (Å²) in [5, 5.41) is 2.02. The van der Waals surface area contributed by atoms with Crippen LogP contribution in [0.5, 0.6) is 0 Å². The minimum absolute atomic E-state index is 0.290. The average Bonchev–Trinajstić information content (AvgIpc) is 2.06. The second-order valence-electron chi connectivity index (χ2n) is 1.96. The van der Waals surface area contributed by atoms with Gasteiger partial charge in [-0.2, -0.15) is 0 Å². The Morgan fingerprint density at radius 2 is 1.92 bits per heavy atom. The van der Waals surface area contributed by atoms with Crippen molar-refractivity contribution in [2.75, 3.05) is 0 Å². The molecule has 0 spiro atoms. The molecule has 12 heavy (non-hydrogen) atoms. The molecule has 0 fully saturated rings. The highest BCUT2D eigenvalue weighted by Crippen LogP contribution is 2.11. The van der Waals surface area contributed by atoms with Crippen molar-refractivity contribution in [2.24, 2.45) is 5.34 Å². The van der Waals surface area contributed by atoms with Gasteiger partial charge in [-0.25, -0.2) is 4.79 Å². The van der Waals surface area contributed by atoms with Gasteiger partial charge in [-0.1, -0.05) is 15.9 Å². The molecule has 0 bridgehead atoms.